The van der Waals surface area contributed by atoms with Crippen LogP contribution in [0.5, 0.6) is 5.75 Å². The van der Waals surface area contributed by atoms with Gasteiger partial charge in [-0.2, -0.15) is 5.26 Å². The molecule has 2 aromatic heterocycles. The first-order valence-electron chi connectivity index (χ1n) is 7.33. The van der Waals surface area contributed by atoms with Crippen molar-refractivity contribution in [1.82, 2.24) is 19.7 Å². The van der Waals surface area contributed by atoms with Gasteiger partial charge in [0.1, 0.15) is 29.5 Å². The van der Waals surface area contributed by atoms with Gasteiger partial charge in [-0.05, 0) is 29.8 Å². The second-order valence-electron chi connectivity index (χ2n) is 5.16. The lowest BCUT2D eigenvalue weighted by molar-refractivity contribution is 0.414. The van der Waals surface area contributed by atoms with Gasteiger partial charge in [0, 0.05) is 19.4 Å². The minimum atomic E-state index is -0.210. The van der Waals surface area contributed by atoms with Crippen molar-refractivity contribution < 1.29 is 4.74 Å². The average molecular weight is 320 g/mol. The van der Waals surface area contributed by atoms with Gasteiger partial charge in [0.25, 0.3) is 0 Å². The first-order chi connectivity index (χ1) is 11.7. The maximum atomic E-state index is 8.83. The third-order valence-corrected chi connectivity index (χ3v) is 3.64. The normalized spacial score (nSPS) is 11.5. The minimum Gasteiger partial charge on any atom is -0.497 e. The van der Waals surface area contributed by atoms with Gasteiger partial charge in [-0.1, -0.05) is 12.1 Å². The van der Waals surface area contributed by atoms with Gasteiger partial charge in [-0.15, -0.1) is 10.2 Å². The number of aromatic nitrogens is 4. The van der Waals surface area contributed by atoms with E-state index in [0.29, 0.717) is 5.82 Å². The van der Waals surface area contributed by atoms with E-state index in [4.69, 9.17) is 10.00 Å². The predicted molar refractivity (Wildman–Crippen MR) is 88.4 cm³/mol. The third-order valence-electron chi connectivity index (χ3n) is 3.64. The first-order valence-corrected chi connectivity index (χ1v) is 7.33. The molecule has 0 aliphatic carbocycles. The second-order valence-corrected chi connectivity index (χ2v) is 5.16. The van der Waals surface area contributed by atoms with Crippen LogP contribution in [0.1, 0.15) is 23.1 Å². The number of rotatable bonds is 5. The van der Waals surface area contributed by atoms with Crippen molar-refractivity contribution in [3.63, 3.8) is 0 Å². The molecule has 0 fully saturated rings. The summed E-state index contributed by atoms with van der Waals surface area (Å²) >= 11 is 0. The number of hydrogen-bond donors (Lipinski definition) is 1. The molecule has 0 spiro atoms. The Hall–Kier alpha value is -3.40. The molecule has 24 heavy (non-hydrogen) atoms. The van der Waals surface area contributed by atoms with E-state index in [-0.39, 0.29) is 11.7 Å². The molecule has 0 saturated heterocycles. The molecule has 0 aliphatic rings. The summed E-state index contributed by atoms with van der Waals surface area (Å²) in [7, 11) is 3.57. The Morgan fingerprint density at radius 3 is 2.50 bits per heavy atom. The van der Waals surface area contributed by atoms with Crippen LogP contribution in [0.25, 0.3) is 0 Å². The molecular formula is C17H16N6O. The van der Waals surface area contributed by atoms with E-state index in [2.05, 4.69) is 20.5 Å². The summed E-state index contributed by atoms with van der Waals surface area (Å²) in [5.41, 5.74) is 1.29. The second kappa shape index (κ2) is 6.79. The van der Waals surface area contributed by atoms with E-state index in [9.17, 15) is 0 Å². The molecule has 1 aromatic carbocycles. The highest BCUT2D eigenvalue weighted by Gasteiger charge is 2.19. The number of aryl methyl sites for hydroxylation is 1. The molecule has 7 nitrogen and oxygen atoms in total. The van der Waals surface area contributed by atoms with Gasteiger partial charge in [-0.25, -0.2) is 4.98 Å². The van der Waals surface area contributed by atoms with Crippen molar-refractivity contribution in [2.24, 2.45) is 7.05 Å². The summed E-state index contributed by atoms with van der Waals surface area (Å²) in [6.07, 6.45) is 3.63. The molecule has 3 aromatic rings. The number of nitrogens with zero attached hydrogens (tertiary/aromatic N) is 5. The smallest absolute Gasteiger partial charge is 0.163 e. The molecular weight excluding hydrogens is 304 g/mol. The fourth-order valence-electron chi connectivity index (χ4n) is 2.37. The van der Waals surface area contributed by atoms with Crippen LogP contribution in [0.15, 0.2) is 48.8 Å². The highest BCUT2D eigenvalue weighted by atomic mass is 16.5. The fraction of sp³-hybridized carbons (Fsp3) is 0.176. The van der Waals surface area contributed by atoms with Crippen molar-refractivity contribution in [3.05, 3.63) is 65.9 Å². The standard InChI is InChI=1S/C17H16N6O/c1-23-10-9-19-17(23)16(12-3-6-14(24-2)7-4-12)20-15-8-5-13(11-18)21-22-15/h3-10,16H,1-2H3,(H,20,22). The molecule has 120 valence electrons. The summed E-state index contributed by atoms with van der Waals surface area (Å²) in [5.74, 6) is 2.19. The van der Waals surface area contributed by atoms with Crippen molar-refractivity contribution in [1.29, 1.82) is 5.26 Å². The number of benzene rings is 1. The van der Waals surface area contributed by atoms with Crippen LogP contribution in [0.2, 0.25) is 0 Å². The van der Waals surface area contributed by atoms with Crippen LogP contribution >= 0.6 is 0 Å². The molecule has 7 heteroatoms. The van der Waals surface area contributed by atoms with Crippen LogP contribution in [-0.2, 0) is 7.05 Å². The zero-order valence-electron chi connectivity index (χ0n) is 13.3. The molecule has 0 saturated carbocycles. The van der Waals surface area contributed by atoms with E-state index >= 15 is 0 Å². The van der Waals surface area contributed by atoms with Gasteiger partial charge < -0.3 is 14.6 Å². The number of nitriles is 1. The zero-order chi connectivity index (χ0) is 16.9. The average Bonchev–Trinajstić information content (AvgIpc) is 3.06. The molecule has 1 N–H and O–H groups in total. The van der Waals surface area contributed by atoms with Gasteiger partial charge in [0.05, 0.1) is 7.11 Å². The van der Waals surface area contributed by atoms with Crippen LogP contribution in [0.4, 0.5) is 5.82 Å². The number of ether oxygens (including phenoxy) is 1. The maximum Gasteiger partial charge on any atom is 0.163 e. The Morgan fingerprint density at radius 1 is 1.17 bits per heavy atom. The Balaban J connectivity index is 1.95. The summed E-state index contributed by atoms with van der Waals surface area (Å²) in [6.45, 7) is 0. The van der Waals surface area contributed by atoms with Crippen molar-refractivity contribution in [2.45, 2.75) is 6.04 Å². The Kier molecular flexibility index (Phi) is 4.38. The lowest BCUT2D eigenvalue weighted by Gasteiger charge is -2.19. The Labute approximate surface area is 139 Å². The Morgan fingerprint density at radius 2 is 1.96 bits per heavy atom. The summed E-state index contributed by atoms with van der Waals surface area (Å²) in [4.78, 5) is 4.43. The number of methoxy groups -OCH3 is 1. The molecule has 0 radical (unpaired) electrons. The first kappa shape index (κ1) is 15.5. The highest BCUT2D eigenvalue weighted by Crippen LogP contribution is 2.26. The molecule has 0 aliphatic heterocycles. The number of nitrogens with one attached hydrogen (secondary N) is 1. The van der Waals surface area contributed by atoms with Gasteiger partial charge in [0.2, 0.25) is 0 Å². The maximum absolute atomic E-state index is 8.83. The summed E-state index contributed by atoms with van der Waals surface area (Å²) in [5, 5.41) is 20.0. The molecule has 1 unspecified atom stereocenters. The quantitative estimate of drug-likeness (QED) is 0.776. The fourth-order valence-corrected chi connectivity index (χ4v) is 2.37. The molecule has 0 amide bonds. The van der Waals surface area contributed by atoms with E-state index in [1.54, 1.807) is 25.4 Å². The third kappa shape index (κ3) is 3.17. The molecule has 3 rings (SSSR count). The summed E-state index contributed by atoms with van der Waals surface area (Å²) in [6, 6.07) is 12.8. The largest absolute Gasteiger partial charge is 0.497 e. The number of hydrogen-bond acceptors (Lipinski definition) is 6. The molecule has 1 atom stereocenters. The lowest BCUT2D eigenvalue weighted by atomic mass is 10.1. The Bertz CT molecular complexity index is 848. The van der Waals surface area contributed by atoms with Crippen LogP contribution in [0.3, 0.4) is 0 Å². The molecule has 2 heterocycles. The van der Waals surface area contributed by atoms with Crippen molar-refractivity contribution in [2.75, 3.05) is 12.4 Å². The van der Waals surface area contributed by atoms with E-state index in [0.717, 1.165) is 17.1 Å². The van der Waals surface area contributed by atoms with Gasteiger partial charge >= 0.3 is 0 Å². The van der Waals surface area contributed by atoms with Crippen LogP contribution in [-0.4, -0.2) is 26.9 Å². The zero-order valence-corrected chi connectivity index (χ0v) is 13.3. The van der Waals surface area contributed by atoms with E-state index in [1.165, 1.54) is 0 Å². The van der Waals surface area contributed by atoms with Crippen molar-refractivity contribution in [3.8, 4) is 11.8 Å². The lowest BCUT2D eigenvalue weighted by Crippen LogP contribution is -2.17. The van der Waals surface area contributed by atoms with E-state index in [1.807, 2.05) is 48.1 Å². The van der Waals surface area contributed by atoms with Gasteiger partial charge in [0.15, 0.2) is 5.69 Å². The minimum absolute atomic E-state index is 0.210. The monoisotopic (exact) mass is 320 g/mol. The summed E-state index contributed by atoms with van der Waals surface area (Å²) < 4.78 is 7.16. The van der Waals surface area contributed by atoms with Gasteiger partial charge in [-0.3, -0.25) is 0 Å². The number of anilines is 1. The van der Waals surface area contributed by atoms with E-state index < -0.39 is 0 Å². The topological polar surface area (TPSA) is 88.7 Å². The number of imidazole rings is 1. The van der Waals surface area contributed by atoms with Crippen molar-refractivity contribution >= 4 is 5.82 Å². The van der Waals surface area contributed by atoms with Crippen LogP contribution < -0.4 is 10.1 Å². The van der Waals surface area contributed by atoms with Crippen LogP contribution in [0, 0.1) is 11.3 Å². The predicted octanol–water partition coefficient (Wildman–Crippen LogP) is 2.29. The highest BCUT2D eigenvalue weighted by molar-refractivity contribution is 5.43. The SMILES string of the molecule is COc1ccc(C(Nc2ccc(C#N)nn2)c2nccn2C)cc1. The molecule has 0 bridgehead atoms.